The standard InChI is InChI=1S/C17H20N4O3/c1-23-13-7-5-12(6-8-13)14-4-3-11-21(14)17(22)20-15-9-10-18-16(19-15)24-2/h5-10,14H,3-4,11H2,1-2H3,(H,18,19,20,22)/t14-/m0/s1. The molecule has 0 saturated carbocycles. The van der Waals surface area contributed by atoms with Crippen molar-refractivity contribution in [1.29, 1.82) is 0 Å². The minimum atomic E-state index is -0.172. The van der Waals surface area contributed by atoms with Crippen molar-refractivity contribution in [2.24, 2.45) is 0 Å². The van der Waals surface area contributed by atoms with Crippen LogP contribution < -0.4 is 14.8 Å². The highest BCUT2D eigenvalue weighted by molar-refractivity contribution is 5.88. The second-order valence-electron chi connectivity index (χ2n) is 5.48. The Kier molecular flexibility index (Phi) is 4.79. The van der Waals surface area contributed by atoms with Crippen LogP contribution in [0.15, 0.2) is 36.5 Å². The van der Waals surface area contributed by atoms with Crippen LogP contribution in [0.5, 0.6) is 11.8 Å². The van der Waals surface area contributed by atoms with Gasteiger partial charge in [0.25, 0.3) is 0 Å². The molecular weight excluding hydrogens is 308 g/mol. The number of carbonyl (C=O) groups is 1. The van der Waals surface area contributed by atoms with Gasteiger partial charge in [-0.05, 0) is 36.6 Å². The van der Waals surface area contributed by atoms with Crippen LogP contribution in [0.4, 0.5) is 10.6 Å². The van der Waals surface area contributed by atoms with E-state index in [1.165, 1.54) is 7.11 Å². The van der Waals surface area contributed by atoms with Crippen LogP contribution in [0.2, 0.25) is 0 Å². The van der Waals surface area contributed by atoms with E-state index in [0.717, 1.165) is 24.2 Å². The van der Waals surface area contributed by atoms with Crippen LogP contribution in [-0.2, 0) is 0 Å². The number of hydrogen-bond acceptors (Lipinski definition) is 5. The van der Waals surface area contributed by atoms with Crippen LogP contribution >= 0.6 is 0 Å². The van der Waals surface area contributed by atoms with Crippen molar-refractivity contribution in [3.63, 3.8) is 0 Å². The summed E-state index contributed by atoms with van der Waals surface area (Å²) >= 11 is 0. The second-order valence-corrected chi connectivity index (χ2v) is 5.48. The molecule has 2 amide bonds. The zero-order valence-electron chi connectivity index (χ0n) is 13.7. The molecule has 2 aromatic rings. The van der Waals surface area contributed by atoms with Crippen LogP contribution in [0.1, 0.15) is 24.4 Å². The van der Waals surface area contributed by atoms with E-state index in [0.29, 0.717) is 12.4 Å². The van der Waals surface area contributed by atoms with Gasteiger partial charge in [0, 0.05) is 12.7 Å². The van der Waals surface area contributed by atoms with E-state index in [2.05, 4.69) is 15.3 Å². The molecule has 0 spiro atoms. The van der Waals surface area contributed by atoms with Crippen molar-refractivity contribution >= 4 is 11.8 Å². The van der Waals surface area contributed by atoms with E-state index in [1.807, 2.05) is 29.2 Å². The van der Waals surface area contributed by atoms with Gasteiger partial charge in [-0.3, -0.25) is 5.32 Å². The summed E-state index contributed by atoms with van der Waals surface area (Å²) in [7, 11) is 3.13. The monoisotopic (exact) mass is 328 g/mol. The number of ether oxygens (including phenoxy) is 2. The Bertz CT molecular complexity index is 705. The molecule has 3 rings (SSSR count). The van der Waals surface area contributed by atoms with E-state index < -0.39 is 0 Å². The number of aromatic nitrogens is 2. The van der Waals surface area contributed by atoms with Gasteiger partial charge in [0.05, 0.1) is 20.3 Å². The highest BCUT2D eigenvalue weighted by atomic mass is 16.5. The van der Waals surface area contributed by atoms with Gasteiger partial charge in [-0.1, -0.05) is 12.1 Å². The van der Waals surface area contributed by atoms with Crippen LogP contribution in [0.3, 0.4) is 0 Å². The predicted octanol–water partition coefficient (Wildman–Crippen LogP) is 2.86. The summed E-state index contributed by atoms with van der Waals surface area (Å²) in [5.74, 6) is 1.23. The molecule has 0 bridgehead atoms. The zero-order valence-corrected chi connectivity index (χ0v) is 13.7. The number of amides is 2. The van der Waals surface area contributed by atoms with Gasteiger partial charge in [0.2, 0.25) is 0 Å². The summed E-state index contributed by atoms with van der Waals surface area (Å²) in [6, 6.07) is 9.58. The topological polar surface area (TPSA) is 76.6 Å². The number of urea groups is 1. The van der Waals surface area contributed by atoms with Gasteiger partial charge >= 0.3 is 12.0 Å². The number of nitrogens with zero attached hydrogens (tertiary/aromatic N) is 3. The molecule has 1 N–H and O–H groups in total. The predicted molar refractivity (Wildman–Crippen MR) is 89.3 cm³/mol. The van der Waals surface area contributed by atoms with Gasteiger partial charge in [-0.15, -0.1) is 0 Å². The second kappa shape index (κ2) is 7.16. The van der Waals surface area contributed by atoms with E-state index in [1.54, 1.807) is 19.4 Å². The molecule has 2 heterocycles. The Morgan fingerprint density at radius 1 is 1.21 bits per heavy atom. The van der Waals surface area contributed by atoms with Crippen molar-refractivity contribution < 1.29 is 14.3 Å². The molecule has 1 aromatic heterocycles. The number of methoxy groups -OCH3 is 2. The first-order valence-corrected chi connectivity index (χ1v) is 7.80. The average Bonchev–Trinajstić information content (AvgIpc) is 3.12. The summed E-state index contributed by atoms with van der Waals surface area (Å²) in [6.45, 7) is 0.713. The third-order valence-electron chi connectivity index (χ3n) is 4.07. The largest absolute Gasteiger partial charge is 0.497 e. The number of hydrogen-bond donors (Lipinski definition) is 1. The molecule has 126 valence electrons. The quantitative estimate of drug-likeness (QED) is 0.934. The number of rotatable bonds is 4. The minimum Gasteiger partial charge on any atom is -0.497 e. The first-order valence-electron chi connectivity index (χ1n) is 7.80. The first-order chi connectivity index (χ1) is 11.7. The van der Waals surface area contributed by atoms with Gasteiger partial charge in [-0.25, -0.2) is 9.78 Å². The van der Waals surface area contributed by atoms with Gasteiger partial charge < -0.3 is 14.4 Å². The van der Waals surface area contributed by atoms with E-state index in [4.69, 9.17) is 9.47 Å². The van der Waals surface area contributed by atoms with Crippen molar-refractivity contribution in [3.05, 3.63) is 42.1 Å². The lowest BCUT2D eigenvalue weighted by atomic mass is 10.0. The van der Waals surface area contributed by atoms with Crippen molar-refractivity contribution in [1.82, 2.24) is 14.9 Å². The molecular formula is C17H20N4O3. The molecule has 1 aliphatic rings. The number of nitrogens with one attached hydrogen (secondary N) is 1. The van der Waals surface area contributed by atoms with E-state index in [9.17, 15) is 4.79 Å². The normalized spacial score (nSPS) is 16.8. The fourth-order valence-corrected chi connectivity index (χ4v) is 2.87. The zero-order chi connectivity index (χ0) is 16.9. The maximum absolute atomic E-state index is 12.6. The summed E-state index contributed by atoms with van der Waals surface area (Å²) in [5, 5.41) is 2.81. The highest BCUT2D eigenvalue weighted by Crippen LogP contribution is 2.33. The first kappa shape index (κ1) is 16.0. The Labute approximate surface area is 140 Å². The molecule has 7 heteroatoms. The number of benzene rings is 1. The Balaban J connectivity index is 1.72. The molecule has 1 atom stereocenters. The average molecular weight is 328 g/mol. The summed E-state index contributed by atoms with van der Waals surface area (Å²) in [4.78, 5) is 22.5. The Morgan fingerprint density at radius 3 is 2.71 bits per heavy atom. The maximum Gasteiger partial charge on any atom is 0.323 e. The molecule has 0 radical (unpaired) electrons. The molecule has 1 saturated heterocycles. The fourth-order valence-electron chi connectivity index (χ4n) is 2.87. The Morgan fingerprint density at radius 2 is 2.00 bits per heavy atom. The lowest BCUT2D eigenvalue weighted by molar-refractivity contribution is 0.207. The molecule has 0 aliphatic carbocycles. The maximum atomic E-state index is 12.6. The SMILES string of the molecule is COc1ccc([C@@H]2CCCN2C(=O)Nc2ccnc(OC)n2)cc1. The van der Waals surface area contributed by atoms with Gasteiger partial charge in [0.15, 0.2) is 0 Å². The molecule has 1 aliphatic heterocycles. The molecule has 24 heavy (non-hydrogen) atoms. The molecule has 1 fully saturated rings. The van der Waals surface area contributed by atoms with Crippen molar-refractivity contribution in [3.8, 4) is 11.8 Å². The van der Waals surface area contributed by atoms with Crippen molar-refractivity contribution in [2.75, 3.05) is 26.1 Å². The molecule has 1 aromatic carbocycles. The van der Waals surface area contributed by atoms with Crippen LogP contribution in [0.25, 0.3) is 0 Å². The summed E-state index contributed by atoms with van der Waals surface area (Å²) in [5.41, 5.74) is 1.10. The van der Waals surface area contributed by atoms with E-state index >= 15 is 0 Å². The van der Waals surface area contributed by atoms with Crippen LogP contribution in [0, 0.1) is 0 Å². The molecule has 0 unspecified atom stereocenters. The van der Waals surface area contributed by atoms with Crippen molar-refractivity contribution in [2.45, 2.75) is 18.9 Å². The number of carbonyl (C=O) groups excluding carboxylic acids is 1. The number of anilines is 1. The minimum absolute atomic E-state index is 0.0552. The summed E-state index contributed by atoms with van der Waals surface area (Å²) < 4.78 is 10.2. The Hall–Kier alpha value is -2.83. The van der Waals surface area contributed by atoms with Crippen LogP contribution in [-0.4, -0.2) is 41.7 Å². The van der Waals surface area contributed by atoms with E-state index in [-0.39, 0.29) is 18.1 Å². The fraction of sp³-hybridized carbons (Fsp3) is 0.353. The lowest BCUT2D eigenvalue weighted by Crippen LogP contribution is -2.34. The molecule has 7 nitrogen and oxygen atoms in total. The third-order valence-corrected chi connectivity index (χ3v) is 4.07. The summed E-state index contributed by atoms with van der Waals surface area (Å²) in [6.07, 6.45) is 3.45. The van der Waals surface area contributed by atoms with Gasteiger partial charge in [-0.2, -0.15) is 4.98 Å². The lowest BCUT2D eigenvalue weighted by Gasteiger charge is -2.25. The van der Waals surface area contributed by atoms with Gasteiger partial charge in [0.1, 0.15) is 11.6 Å². The number of likely N-dealkylation sites (tertiary alicyclic amines) is 1. The highest BCUT2D eigenvalue weighted by Gasteiger charge is 2.30. The third kappa shape index (κ3) is 3.40. The smallest absolute Gasteiger partial charge is 0.323 e.